The number of hydrogen-bond donors (Lipinski definition) is 2. The van der Waals surface area contributed by atoms with Crippen LogP contribution in [-0.4, -0.2) is 37.0 Å². The molecule has 0 aliphatic heterocycles. The summed E-state index contributed by atoms with van der Waals surface area (Å²) in [5.41, 5.74) is 0. The Morgan fingerprint density at radius 1 is 1.29 bits per heavy atom. The van der Waals surface area contributed by atoms with Crippen molar-refractivity contribution in [3.05, 3.63) is 0 Å². The van der Waals surface area contributed by atoms with Crippen molar-refractivity contribution in [2.75, 3.05) is 19.8 Å². The van der Waals surface area contributed by atoms with Gasteiger partial charge in [0.2, 0.25) is 0 Å². The van der Waals surface area contributed by atoms with Crippen LogP contribution >= 0.6 is 0 Å². The Bertz CT molecular complexity index is 128. The third-order valence-electron chi connectivity index (χ3n) is 2.27. The van der Waals surface area contributed by atoms with Crippen LogP contribution in [0.3, 0.4) is 0 Å². The highest BCUT2D eigenvalue weighted by molar-refractivity contribution is 4.64. The summed E-state index contributed by atoms with van der Waals surface area (Å²) in [6.07, 6.45) is 0.621. The van der Waals surface area contributed by atoms with E-state index in [4.69, 9.17) is 4.74 Å². The second-order valence-electron chi connectivity index (χ2n) is 4.11. The second kappa shape index (κ2) is 8.21. The van der Waals surface area contributed by atoms with Crippen LogP contribution < -0.4 is 5.32 Å². The van der Waals surface area contributed by atoms with Crippen molar-refractivity contribution in [2.24, 2.45) is 5.92 Å². The molecule has 0 rings (SSSR count). The molecule has 2 unspecified atom stereocenters. The van der Waals surface area contributed by atoms with Crippen LogP contribution in [0.15, 0.2) is 0 Å². The molecule has 0 aromatic rings. The van der Waals surface area contributed by atoms with Gasteiger partial charge in [-0.15, -0.1) is 0 Å². The van der Waals surface area contributed by atoms with Gasteiger partial charge in [-0.3, -0.25) is 0 Å². The lowest BCUT2D eigenvalue weighted by Gasteiger charge is -2.17. The first-order valence-electron chi connectivity index (χ1n) is 5.57. The highest BCUT2D eigenvalue weighted by Gasteiger charge is 2.09. The van der Waals surface area contributed by atoms with Gasteiger partial charge in [0.05, 0.1) is 12.7 Å². The van der Waals surface area contributed by atoms with Crippen LogP contribution in [0.25, 0.3) is 0 Å². The van der Waals surface area contributed by atoms with Crippen LogP contribution in [0.2, 0.25) is 0 Å². The fourth-order valence-electron chi connectivity index (χ4n) is 1.16. The summed E-state index contributed by atoms with van der Waals surface area (Å²) in [7, 11) is 0. The predicted molar refractivity (Wildman–Crippen MR) is 59.4 cm³/mol. The minimum atomic E-state index is -0.193. The Morgan fingerprint density at radius 2 is 1.93 bits per heavy atom. The van der Waals surface area contributed by atoms with Crippen molar-refractivity contribution in [3.63, 3.8) is 0 Å². The van der Waals surface area contributed by atoms with Crippen LogP contribution in [0, 0.1) is 5.92 Å². The topological polar surface area (TPSA) is 41.5 Å². The van der Waals surface area contributed by atoms with Crippen molar-refractivity contribution < 1.29 is 9.84 Å². The number of aliphatic hydroxyl groups is 1. The molecule has 0 saturated carbocycles. The van der Waals surface area contributed by atoms with Gasteiger partial charge >= 0.3 is 0 Å². The maximum atomic E-state index is 9.54. The molecule has 0 aliphatic rings. The lowest BCUT2D eigenvalue weighted by Crippen LogP contribution is -2.33. The maximum absolute atomic E-state index is 9.54. The molecule has 3 heteroatoms. The van der Waals surface area contributed by atoms with Crippen molar-refractivity contribution in [2.45, 2.75) is 46.3 Å². The first-order valence-corrected chi connectivity index (χ1v) is 5.57. The fourth-order valence-corrected chi connectivity index (χ4v) is 1.16. The Balaban J connectivity index is 3.34. The van der Waals surface area contributed by atoms with Gasteiger partial charge in [-0.2, -0.15) is 0 Å². The summed E-state index contributed by atoms with van der Waals surface area (Å²) in [4.78, 5) is 0. The quantitative estimate of drug-likeness (QED) is 0.626. The van der Waals surface area contributed by atoms with E-state index in [0.717, 1.165) is 26.2 Å². The monoisotopic (exact) mass is 203 g/mol. The Morgan fingerprint density at radius 3 is 2.43 bits per heavy atom. The lowest BCUT2D eigenvalue weighted by atomic mass is 10.0. The third-order valence-corrected chi connectivity index (χ3v) is 2.27. The second-order valence-corrected chi connectivity index (χ2v) is 4.11. The predicted octanol–water partition coefficient (Wildman–Crippen LogP) is 1.41. The molecule has 0 heterocycles. The molecule has 0 aliphatic carbocycles. The van der Waals surface area contributed by atoms with E-state index in [1.807, 2.05) is 20.8 Å². The van der Waals surface area contributed by atoms with Crippen molar-refractivity contribution in [1.82, 2.24) is 5.32 Å². The molecule has 0 amide bonds. The van der Waals surface area contributed by atoms with Gasteiger partial charge in [-0.05, 0) is 32.7 Å². The zero-order valence-corrected chi connectivity index (χ0v) is 9.92. The molecule has 0 saturated heterocycles. The first kappa shape index (κ1) is 13.9. The van der Waals surface area contributed by atoms with E-state index >= 15 is 0 Å². The Labute approximate surface area is 87.8 Å². The van der Waals surface area contributed by atoms with Gasteiger partial charge in [0.1, 0.15) is 0 Å². The van der Waals surface area contributed by atoms with Crippen LogP contribution in [0.5, 0.6) is 0 Å². The minimum Gasteiger partial charge on any atom is -0.393 e. The minimum absolute atomic E-state index is 0.193. The van der Waals surface area contributed by atoms with Crippen LogP contribution in [0.4, 0.5) is 0 Å². The number of hydrogen-bond acceptors (Lipinski definition) is 3. The van der Waals surface area contributed by atoms with Crippen molar-refractivity contribution in [1.29, 1.82) is 0 Å². The Kier molecular flexibility index (Phi) is 8.14. The summed E-state index contributed by atoms with van der Waals surface area (Å²) in [5.74, 6) is 0.346. The fraction of sp³-hybridized carbons (Fsp3) is 1.00. The molecule has 0 radical (unpaired) electrons. The van der Waals surface area contributed by atoms with Gasteiger partial charge in [0.25, 0.3) is 0 Å². The third kappa shape index (κ3) is 7.30. The average Bonchev–Trinajstić information content (AvgIpc) is 2.14. The smallest absolute Gasteiger partial charge is 0.0616 e. The van der Waals surface area contributed by atoms with Gasteiger partial charge < -0.3 is 15.2 Å². The molecule has 0 fully saturated rings. The highest BCUT2D eigenvalue weighted by Crippen LogP contribution is 2.04. The van der Waals surface area contributed by atoms with Crippen LogP contribution in [-0.2, 0) is 4.74 Å². The standard InChI is InChI=1S/C11H25NO2/c1-5-14-8-10(4)12-7-6-11(13)9(2)3/h9-13H,5-8H2,1-4H3. The molecule has 0 aromatic carbocycles. The number of rotatable bonds is 8. The summed E-state index contributed by atoms with van der Waals surface area (Å²) in [5, 5.41) is 12.9. The maximum Gasteiger partial charge on any atom is 0.0616 e. The first-order chi connectivity index (χ1) is 6.57. The number of aliphatic hydroxyl groups excluding tert-OH is 1. The van der Waals surface area contributed by atoms with E-state index in [-0.39, 0.29) is 6.10 Å². The normalized spacial score (nSPS) is 15.9. The molecule has 0 spiro atoms. The summed E-state index contributed by atoms with van der Waals surface area (Å²) < 4.78 is 5.28. The zero-order valence-electron chi connectivity index (χ0n) is 9.92. The Hall–Kier alpha value is -0.120. The number of nitrogens with one attached hydrogen (secondary N) is 1. The van der Waals surface area contributed by atoms with E-state index in [1.54, 1.807) is 0 Å². The summed E-state index contributed by atoms with van der Waals surface area (Å²) in [6.45, 7) is 10.5. The van der Waals surface area contributed by atoms with Crippen molar-refractivity contribution in [3.8, 4) is 0 Å². The molecule has 2 N–H and O–H groups in total. The molecular weight excluding hydrogens is 178 g/mol. The van der Waals surface area contributed by atoms with E-state index in [1.165, 1.54) is 0 Å². The van der Waals surface area contributed by atoms with E-state index in [2.05, 4.69) is 12.2 Å². The SMILES string of the molecule is CCOCC(C)NCCC(O)C(C)C. The van der Waals surface area contributed by atoms with Crippen molar-refractivity contribution >= 4 is 0 Å². The van der Waals surface area contributed by atoms with Gasteiger partial charge in [-0.25, -0.2) is 0 Å². The molecule has 0 aromatic heterocycles. The van der Waals surface area contributed by atoms with Gasteiger partial charge in [0, 0.05) is 12.6 Å². The molecule has 0 bridgehead atoms. The van der Waals surface area contributed by atoms with E-state index < -0.39 is 0 Å². The molecule has 3 nitrogen and oxygen atoms in total. The van der Waals surface area contributed by atoms with E-state index in [0.29, 0.717) is 12.0 Å². The van der Waals surface area contributed by atoms with Gasteiger partial charge in [-0.1, -0.05) is 13.8 Å². The highest BCUT2D eigenvalue weighted by atomic mass is 16.5. The average molecular weight is 203 g/mol. The molecule has 2 atom stereocenters. The lowest BCUT2D eigenvalue weighted by molar-refractivity contribution is 0.106. The molecular formula is C11H25NO2. The molecule has 14 heavy (non-hydrogen) atoms. The summed E-state index contributed by atoms with van der Waals surface area (Å²) >= 11 is 0. The molecule has 86 valence electrons. The van der Waals surface area contributed by atoms with Gasteiger partial charge in [0.15, 0.2) is 0 Å². The van der Waals surface area contributed by atoms with E-state index in [9.17, 15) is 5.11 Å². The largest absolute Gasteiger partial charge is 0.393 e. The number of ether oxygens (including phenoxy) is 1. The zero-order chi connectivity index (χ0) is 11.0. The summed E-state index contributed by atoms with van der Waals surface area (Å²) in [6, 6.07) is 0.370. The van der Waals surface area contributed by atoms with Crippen LogP contribution in [0.1, 0.15) is 34.1 Å².